The molecule has 4 heteroatoms. The molecule has 0 spiro atoms. The maximum Gasteiger partial charge on any atom is 0.251 e. The maximum atomic E-state index is 11.6. The van der Waals surface area contributed by atoms with E-state index >= 15 is 0 Å². The lowest BCUT2D eigenvalue weighted by Gasteiger charge is -2.16. The Balaban J connectivity index is 2.03. The minimum absolute atomic E-state index is 0.0603. The second kappa shape index (κ2) is 6.99. The van der Waals surface area contributed by atoms with Gasteiger partial charge in [0.25, 0.3) is 5.91 Å². The van der Waals surface area contributed by atoms with Crippen LogP contribution in [-0.2, 0) is 6.54 Å². The first-order valence-electron chi connectivity index (χ1n) is 7.06. The molecule has 0 radical (unpaired) electrons. The summed E-state index contributed by atoms with van der Waals surface area (Å²) in [7, 11) is 1.64. The van der Waals surface area contributed by atoms with Crippen molar-refractivity contribution < 1.29 is 4.79 Å². The minimum atomic E-state index is -0.0603. The fourth-order valence-electron chi connectivity index (χ4n) is 2.32. The average molecular weight is 283 g/mol. The highest BCUT2D eigenvalue weighted by Crippen LogP contribution is 2.16. The van der Waals surface area contributed by atoms with Gasteiger partial charge in [0.15, 0.2) is 0 Å². The van der Waals surface area contributed by atoms with Gasteiger partial charge in [0.2, 0.25) is 0 Å². The number of hydrogen-bond acceptors (Lipinski definition) is 3. The van der Waals surface area contributed by atoms with Crippen LogP contribution < -0.4 is 10.6 Å². The first kappa shape index (κ1) is 15.2. The van der Waals surface area contributed by atoms with Crippen LogP contribution in [0.15, 0.2) is 42.7 Å². The largest absolute Gasteiger partial charge is 0.355 e. The first-order chi connectivity index (χ1) is 10.1. The minimum Gasteiger partial charge on any atom is -0.355 e. The molecular formula is C17H21N3O. The van der Waals surface area contributed by atoms with Crippen molar-refractivity contribution in [2.75, 3.05) is 7.05 Å². The summed E-state index contributed by atoms with van der Waals surface area (Å²) in [5, 5.41) is 6.12. The van der Waals surface area contributed by atoms with Crippen molar-refractivity contribution in [1.82, 2.24) is 15.6 Å². The van der Waals surface area contributed by atoms with E-state index in [-0.39, 0.29) is 11.9 Å². The fourth-order valence-corrected chi connectivity index (χ4v) is 2.32. The average Bonchev–Trinajstić information content (AvgIpc) is 2.52. The van der Waals surface area contributed by atoms with Crippen molar-refractivity contribution in [2.45, 2.75) is 26.4 Å². The molecule has 0 aliphatic heterocycles. The van der Waals surface area contributed by atoms with E-state index in [0.29, 0.717) is 12.1 Å². The highest BCUT2D eigenvalue weighted by molar-refractivity contribution is 5.94. The van der Waals surface area contributed by atoms with Crippen molar-refractivity contribution in [3.63, 3.8) is 0 Å². The quantitative estimate of drug-likeness (QED) is 0.887. The van der Waals surface area contributed by atoms with Crippen molar-refractivity contribution in [2.24, 2.45) is 0 Å². The Morgan fingerprint density at radius 2 is 2.14 bits per heavy atom. The summed E-state index contributed by atoms with van der Waals surface area (Å²) in [4.78, 5) is 15.7. The van der Waals surface area contributed by atoms with Crippen LogP contribution in [0.2, 0.25) is 0 Å². The van der Waals surface area contributed by atoms with E-state index in [4.69, 9.17) is 0 Å². The lowest BCUT2D eigenvalue weighted by atomic mass is 10.0. The normalized spacial score (nSPS) is 12.0. The molecule has 0 aliphatic rings. The summed E-state index contributed by atoms with van der Waals surface area (Å²) in [5.74, 6) is -0.0603. The molecule has 21 heavy (non-hydrogen) atoms. The van der Waals surface area contributed by atoms with Crippen LogP contribution >= 0.6 is 0 Å². The summed E-state index contributed by atoms with van der Waals surface area (Å²) < 4.78 is 0. The first-order valence-corrected chi connectivity index (χ1v) is 7.06. The third-order valence-electron chi connectivity index (χ3n) is 3.56. The van der Waals surface area contributed by atoms with Gasteiger partial charge in [0.05, 0.1) is 0 Å². The van der Waals surface area contributed by atoms with Gasteiger partial charge in [-0.3, -0.25) is 9.78 Å². The Morgan fingerprint density at radius 1 is 1.33 bits per heavy atom. The zero-order chi connectivity index (χ0) is 15.2. The Morgan fingerprint density at radius 3 is 2.86 bits per heavy atom. The molecule has 1 amide bonds. The third kappa shape index (κ3) is 3.89. The van der Waals surface area contributed by atoms with Gasteiger partial charge in [-0.05, 0) is 48.7 Å². The van der Waals surface area contributed by atoms with Crippen LogP contribution in [0, 0.1) is 6.92 Å². The van der Waals surface area contributed by atoms with E-state index in [2.05, 4.69) is 29.5 Å². The molecule has 0 saturated carbocycles. The summed E-state index contributed by atoms with van der Waals surface area (Å²) in [6, 6.07) is 9.93. The summed E-state index contributed by atoms with van der Waals surface area (Å²) in [6.07, 6.45) is 3.69. The number of benzene rings is 1. The molecule has 0 aliphatic carbocycles. The number of aryl methyl sites for hydroxylation is 1. The molecule has 1 unspecified atom stereocenters. The number of rotatable bonds is 5. The molecule has 2 N–H and O–H groups in total. The third-order valence-corrected chi connectivity index (χ3v) is 3.56. The van der Waals surface area contributed by atoms with Crippen LogP contribution in [-0.4, -0.2) is 17.9 Å². The number of carbonyl (C=O) groups excluding carboxylic acids is 1. The molecule has 0 saturated heterocycles. The van der Waals surface area contributed by atoms with Gasteiger partial charge in [-0.2, -0.15) is 0 Å². The Kier molecular flexibility index (Phi) is 5.06. The highest BCUT2D eigenvalue weighted by Gasteiger charge is 2.08. The van der Waals surface area contributed by atoms with Gasteiger partial charge in [-0.1, -0.05) is 12.1 Å². The molecule has 2 rings (SSSR count). The van der Waals surface area contributed by atoms with Crippen molar-refractivity contribution in [1.29, 1.82) is 0 Å². The number of carbonyl (C=O) groups is 1. The van der Waals surface area contributed by atoms with Gasteiger partial charge >= 0.3 is 0 Å². The highest BCUT2D eigenvalue weighted by atomic mass is 16.1. The van der Waals surface area contributed by atoms with Crippen LogP contribution in [0.1, 0.15) is 40.0 Å². The smallest absolute Gasteiger partial charge is 0.251 e. The summed E-state index contributed by atoms with van der Waals surface area (Å²) >= 11 is 0. The topological polar surface area (TPSA) is 54.0 Å². The van der Waals surface area contributed by atoms with Crippen LogP contribution in [0.4, 0.5) is 0 Å². The van der Waals surface area contributed by atoms with Gasteiger partial charge in [-0.15, -0.1) is 0 Å². The van der Waals surface area contributed by atoms with Crippen LogP contribution in [0.5, 0.6) is 0 Å². The lowest BCUT2D eigenvalue weighted by molar-refractivity contribution is 0.0963. The summed E-state index contributed by atoms with van der Waals surface area (Å²) in [6.45, 7) is 4.91. The number of aromatic nitrogens is 1. The summed E-state index contributed by atoms with van der Waals surface area (Å²) in [5.41, 5.74) is 4.20. The monoisotopic (exact) mass is 283 g/mol. The Bertz CT molecular complexity index is 625. The molecule has 4 nitrogen and oxygen atoms in total. The van der Waals surface area contributed by atoms with Gasteiger partial charge in [-0.25, -0.2) is 0 Å². The van der Waals surface area contributed by atoms with Crippen molar-refractivity contribution in [3.05, 3.63) is 65.0 Å². The molecule has 1 aromatic heterocycles. The second-order valence-corrected chi connectivity index (χ2v) is 5.11. The molecule has 1 aromatic carbocycles. The number of nitrogens with one attached hydrogen (secondary N) is 2. The van der Waals surface area contributed by atoms with E-state index in [1.807, 2.05) is 42.7 Å². The van der Waals surface area contributed by atoms with Crippen molar-refractivity contribution >= 4 is 5.91 Å². The SMILES string of the molecule is CNC(=O)c1cccc(CNC(C)c2ccncc2C)c1. The van der Waals surface area contributed by atoms with E-state index in [1.54, 1.807) is 7.05 Å². The lowest BCUT2D eigenvalue weighted by Crippen LogP contribution is -2.20. The van der Waals surface area contributed by atoms with E-state index < -0.39 is 0 Å². The zero-order valence-corrected chi connectivity index (χ0v) is 12.7. The fraction of sp³-hybridized carbons (Fsp3) is 0.294. The standard InChI is InChI=1S/C17H21N3O/c1-12-10-19-8-7-16(12)13(2)20-11-14-5-4-6-15(9-14)17(21)18-3/h4-10,13,20H,11H2,1-3H3,(H,18,21). The zero-order valence-electron chi connectivity index (χ0n) is 12.7. The van der Waals surface area contributed by atoms with Crippen LogP contribution in [0.25, 0.3) is 0 Å². The van der Waals surface area contributed by atoms with Gasteiger partial charge < -0.3 is 10.6 Å². The predicted molar refractivity (Wildman–Crippen MR) is 84.1 cm³/mol. The Labute approximate surface area is 125 Å². The molecule has 1 atom stereocenters. The molecule has 0 fully saturated rings. The molecule has 2 aromatic rings. The van der Waals surface area contributed by atoms with Gasteiger partial charge in [0.1, 0.15) is 0 Å². The number of pyridine rings is 1. The van der Waals surface area contributed by atoms with Crippen LogP contribution in [0.3, 0.4) is 0 Å². The van der Waals surface area contributed by atoms with Crippen molar-refractivity contribution in [3.8, 4) is 0 Å². The molecule has 110 valence electrons. The number of amides is 1. The Hall–Kier alpha value is -2.20. The van der Waals surface area contributed by atoms with E-state index in [9.17, 15) is 4.79 Å². The number of nitrogens with zero attached hydrogens (tertiary/aromatic N) is 1. The molecular weight excluding hydrogens is 262 g/mol. The van der Waals surface area contributed by atoms with Gasteiger partial charge in [0, 0.05) is 37.6 Å². The predicted octanol–water partition coefficient (Wildman–Crippen LogP) is 2.60. The van der Waals surface area contributed by atoms with E-state index in [1.165, 1.54) is 11.1 Å². The molecule has 1 heterocycles. The number of hydrogen-bond donors (Lipinski definition) is 2. The van der Waals surface area contributed by atoms with E-state index in [0.717, 1.165) is 5.56 Å². The molecule has 0 bridgehead atoms. The maximum absolute atomic E-state index is 11.6. The second-order valence-electron chi connectivity index (χ2n) is 5.11.